The van der Waals surface area contributed by atoms with Crippen LogP contribution >= 0.6 is 0 Å². The largest absolute Gasteiger partial charge is 0.336 e. The second-order valence-corrected chi connectivity index (χ2v) is 4.93. The van der Waals surface area contributed by atoms with Crippen LogP contribution in [-0.4, -0.2) is 29.7 Å². The molecular weight excluding hydrogens is 252 g/mol. The lowest BCUT2D eigenvalue weighted by atomic mass is 9.98. The zero-order chi connectivity index (χ0) is 14.0. The van der Waals surface area contributed by atoms with Gasteiger partial charge in [0.25, 0.3) is 11.7 Å². The molecule has 0 saturated carbocycles. The molecule has 5 heteroatoms. The minimum atomic E-state index is -0.980. The fourth-order valence-electron chi connectivity index (χ4n) is 2.14. The van der Waals surface area contributed by atoms with Crippen molar-refractivity contribution >= 4 is 11.7 Å². The number of ketones is 1. The molecule has 0 radical (unpaired) electrons. The fraction of sp³-hybridized carbons (Fsp3) is 0.429. The normalized spacial score (nSPS) is 16.5. The average molecular weight is 267 g/mol. The van der Waals surface area contributed by atoms with E-state index >= 15 is 0 Å². The number of carbonyl (C=O) groups excluding carboxylic acids is 2. The molecule has 1 aromatic rings. The Labute approximate surface area is 110 Å². The highest BCUT2D eigenvalue weighted by molar-refractivity contribution is 6.42. The Morgan fingerprint density at radius 1 is 1.21 bits per heavy atom. The molecule has 1 heterocycles. The summed E-state index contributed by atoms with van der Waals surface area (Å²) < 4.78 is 26.5. The van der Waals surface area contributed by atoms with E-state index in [-0.39, 0.29) is 0 Å². The van der Waals surface area contributed by atoms with E-state index in [0.717, 1.165) is 31.0 Å². The van der Waals surface area contributed by atoms with Crippen molar-refractivity contribution in [2.24, 2.45) is 5.92 Å². The maximum atomic E-state index is 13.5. The van der Waals surface area contributed by atoms with Crippen LogP contribution in [0.4, 0.5) is 8.78 Å². The van der Waals surface area contributed by atoms with Crippen molar-refractivity contribution in [1.82, 2.24) is 4.90 Å². The molecule has 2 rings (SSSR count). The number of hydrogen-bond acceptors (Lipinski definition) is 2. The third kappa shape index (κ3) is 2.97. The molecule has 0 atom stereocenters. The molecule has 1 aromatic carbocycles. The summed E-state index contributed by atoms with van der Waals surface area (Å²) >= 11 is 0. The Kier molecular flexibility index (Phi) is 3.93. The second kappa shape index (κ2) is 5.47. The molecule has 0 aliphatic carbocycles. The van der Waals surface area contributed by atoms with Crippen molar-refractivity contribution in [2.45, 2.75) is 19.8 Å². The predicted octanol–water partition coefficient (Wildman–Crippen LogP) is 2.41. The van der Waals surface area contributed by atoms with E-state index < -0.39 is 28.9 Å². The SMILES string of the molecule is CC1CCN(C(=O)C(=O)c2cc(F)ccc2F)CC1. The minimum Gasteiger partial charge on any atom is -0.336 e. The van der Waals surface area contributed by atoms with Crippen molar-refractivity contribution in [2.75, 3.05) is 13.1 Å². The quantitative estimate of drug-likeness (QED) is 0.609. The second-order valence-electron chi connectivity index (χ2n) is 4.93. The Bertz CT molecular complexity index is 508. The first-order chi connectivity index (χ1) is 8.99. The van der Waals surface area contributed by atoms with Gasteiger partial charge in [-0.15, -0.1) is 0 Å². The maximum absolute atomic E-state index is 13.5. The number of hydrogen-bond donors (Lipinski definition) is 0. The predicted molar refractivity (Wildman–Crippen MR) is 65.7 cm³/mol. The van der Waals surface area contributed by atoms with Crippen molar-refractivity contribution < 1.29 is 18.4 Å². The summed E-state index contributed by atoms with van der Waals surface area (Å²) in [6.45, 7) is 3.06. The van der Waals surface area contributed by atoms with Crippen molar-refractivity contribution in [3.8, 4) is 0 Å². The molecule has 1 saturated heterocycles. The molecule has 1 fully saturated rings. The van der Waals surface area contributed by atoms with Crippen LogP contribution in [0, 0.1) is 17.6 Å². The Morgan fingerprint density at radius 3 is 2.47 bits per heavy atom. The summed E-state index contributed by atoms with van der Waals surface area (Å²) in [6.07, 6.45) is 1.65. The zero-order valence-electron chi connectivity index (χ0n) is 10.7. The van der Waals surface area contributed by atoms with Gasteiger partial charge in [-0.05, 0) is 37.0 Å². The summed E-state index contributed by atoms with van der Waals surface area (Å²) in [7, 11) is 0. The van der Waals surface area contributed by atoms with E-state index in [4.69, 9.17) is 0 Å². The van der Waals surface area contributed by atoms with E-state index in [1.165, 1.54) is 4.90 Å². The molecule has 1 aliphatic rings. The van der Waals surface area contributed by atoms with E-state index in [2.05, 4.69) is 6.92 Å². The van der Waals surface area contributed by atoms with E-state index in [9.17, 15) is 18.4 Å². The van der Waals surface area contributed by atoms with Gasteiger partial charge < -0.3 is 4.90 Å². The van der Waals surface area contributed by atoms with Crippen molar-refractivity contribution in [1.29, 1.82) is 0 Å². The van der Waals surface area contributed by atoms with Gasteiger partial charge >= 0.3 is 0 Å². The average Bonchev–Trinajstić information content (AvgIpc) is 2.41. The van der Waals surface area contributed by atoms with Crippen LogP contribution in [0.1, 0.15) is 30.1 Å². The molecule has 0 bridgehead atoms. The molecule has 1 aliphatic heterocycles. The van der Waals surface area contributed by atoms with Crippen LogP contribution in [0.15, 0.2) is 18.2 Å². The molecule has 0 N–H and O–H groups in total. The van der Waals surface area contributed by atoms with Crippen molar-refractivity contribution in [3.63, 3.8) is 0 Å². The molecule has 1 amide bonds. The van der Waals surface area contributed by atoms with Crippen LogP contribution in [0.5, 0.6) is 0 Å². The van der Waals surface area contributed by atoms with Crippen LogP contribution in [0.2, 0.25) is 0 Å². The number of Topliss-reactive ketones (excluding diaryl/α,β-unsaturated/α-hetero) is 1. The smallest absolute Gasteiger partial charge is 0.295 e. The monoisotopic (exact) mass is 267 g/mol. The van der Waals surface area contributed by atoms with E-state index in [1.807, 2.05) is 0 Å². The van der Waals surface area contributed by atoms with Gasteiger partial charge in [-0.3, -0.25) is 9.59 Å². The first kappa shape index (κ1) is 13.6. The topological polar surface area (TPSA) is 37.4 Å². The lowest BCUT2D eigenvalue weighted by molar-refractivity contribution is -0.127. The number of halogens is 2. The van der Waals surface area contributed by atoms with Crippen LogP contribution < -0.4 is 0 Å². The number of rotatable bonds is 2. The Morgan fingerprint density at radius 2 is 1.84 bits per heavy atom. The number of piperidine rings is 1. The summed E-state index contributed by atoms with van der Waals surface area (Å²) in [5.41, 5.74) is -0.497. The highest BCUT2D eigenvalue weighted by Gasteiger charge is 2.28. The maximum Gasteiger partial charge on any atom is 0.295 e. The van der Waals surface area contributed by atoms with E-state index in [1.54, 1.807) is 0 Å². The molecule has 0 unspecified atom stereocenters. The highest BCUT2D eigenvalue weighted by Crippen LogP contribution is 2.18. The zero-order valence-corrected chi connectivity index (χ0v) is 10.7. The Balaban J connectivity index is 2.15. The van der Waals surface area contributed by atoms with Crippen molar-refractivity contribution in [3.05, 3.63) is 35.4 Å². The third-order valence-corrected chi connectivity index (χ3v) is 3.44. The number of carbonyl (C=O) groups is 2. The first-order valence-corrected chi connectivity index (χ1v) is 6.27. The number of likely N-dealkylation sites (tertiary alicyclic amines) is 1. The number of nitrogens with zero attached hydrogens (tertiary/aromatic N) is 1. The fourth-order valence-corrected chi connectivity index (χ4v) is 2.14. The molecule has 0 spiro atoms. The molecule has 102 valence electrons. The summed E-state index contributed by atoms with van der Waals surface area (Å²) in [6, 6.07) is 2.54. The standard InChI is InChI=1S/C14H15F2NO2/c1-9-4-6-17(7-5-9)14(19)13(18)11-8-10(15)2-3-12(11)16/h2-3,8-9H,4-7H2,1H3. The first-order valence-electron chi connectivity index (χ1n) is 6.27. The highest BCUT2D eigenvalue weighted by atomic mass is 19.1. The Hall–Kier alpha value is -1.78. The molecular formula is C14H15F2NO2. The van der Waals surface area contributed by atoms with Gasteiger partial charge in [-0.2, -0.15) is 0 Å². The summed E-state index contributed by atoms with van der Waals surface area (Å²) in [5.74, 6) is -2.82. The number of benzene rings is 1. The van der Waals surface area contributed by atoms with Gasteiger partial charge in [0.2, 0.25) is 0 Å². The molecule has 0 aromatic heterocycles. The summed E-state index contributed by atoms with van der Waals surface area (Å²) in [4.78, 5) is 25.3. The van der Waals surface area contributed by atoms with Crippen LogP contribution in [0.3, 0.4) is 0 Å². The van der Waals surface area contributed by atoms with Crippen LogP contribution in [0.25, 0.3) is 0 Å². The lowest BCUT2D eigenvalue weighted by Crippen LogP contribution is -2.42. The van der Waals surface area contributed by atoms with Gasteiger partial charge in [0.05, 0.1) is 5.56 Å². The van der Waals surface area contributed by atoms with E-state index in [0.29, 0.717) is 19.0 Å². The van der Waals surface area contributed by atoms with Gasteiger partial charge in [-0.1, -0.05) is 6.92 Å². The lowest BCUT2D eigenvalue weighted by Gasteiger charge is -2.29. The van der Waals surface area contributed by atoms with Gasteiger partial charge in [-0.25, -0.2) is 8.78 Å². The molecule has 3 nitrogen and oxygen atoms in total. The van der Waals surface area contributed by atoms with Gasteiger partial charge in [0, 0.05) is 13.1 Å². The van der Waals surface area contributed by atoms with Gasteiger partial charge in [0.15, 0.2) is 0 Å². The molecule has 19 heavy (non-hydrogen) atoms. The third-order valence-electron chi connectivity index (χ3n) is 3.44. The summed E-state index contributed by atoms with van der Waals surface area (Å²) in [5, 5.41) is 0. The van der Waals surface area contributed by atoms with Gasteiger partial charge in [0.1, 0.15) is 11.6 Å². The minimum absolute atomic E-state index is 0.489. The van der Waals surface area contributed by atoms with Crippen LogP contribution in [-0.2, 0) is 4.79 Å². The number of amides is 1.